The molecule has 1 saturated carbocycles. The van der Waals surface area contributed by atoms with E-state index in [9.17, 15) is 0 Å². The molecule has 0 aromatic carbocycles. The van der Waals surface area contributed by atoms with E-state index in [4.69, 9.17) is 4.98 Å². The highest BCUT2D eigenvalue weighted by Gasteiger charge is 2.25. The second-order valence-corrected chi connectivity index (χ2v) is 6.55. The molecule has 118 valence electrons. The van der Waals surface area contributed by atoms with E-state index >= 15 is 0 Å². The molecule has 0 aliphatic heterocycles. The first-order valence-electron chi connectivity index (χ1n) is 8.61. The van der Waals surface area contributed by atoms with Gasteiger partial charge in [0.2, 0.25) is 0 Å². The van der Waals surface area contributed by atoms with Crippen LogP contribution in [0.3, 0.4) is 0 Å². The van der Waals surface area contributed by atoms with E-state index < -0.39 is 0 Å². The molecule has 1 aromatic rings. The molecule has 0 spiro atoms. The summed E-state index contributed by atoms with van der Waals surface area (Å²) in [6.07, 6.45) is 7.11. The normalized spacial score (nSPS) is 16.2. The third-order valence-electron chi connectivity index (χ3n) is 4.28. The van der Waals surface area contributed by atoms with Crippen LogP contribution in [0.1, 0.15) is 65.1 Å². The molecular formula is C18H31N3. The molecule has 1 N–H and O–H groups in total. The highest BCUT2D eigenvalue weighted by atomic mass is 15.2. The van der Waals surface area contributed by atoms with Crippen LogP contribution in [0.2, 0.25) is 0 Å². The monoisotopic (exact) mass is 289 g/mol. The number of anilines is 1. The fraction of sp³-hybridized carbons (Fsp3) is 0.722. The summed E-state index contributed by atoms with van der Waals surface area (Å²) in [5.74, 6) is 0.904. The van der Waals surface area contributed by atoms with Gasteiger partial charge >= 0.3 is 0 Å². The van der Waals surface area contributed by atoms with Gasteiger partial charge in [0.05, 0.1) is 17.6 Å². The van der Waals surface area contributed by atoms with Gasteiger partial charge in [-0.2, -0.15) is 0 Å². The number of hydrogen-bond acceptors (Lipinski definition) is 3. The highest BCUT2D eigenvalue weighted by molar-refractivity contribution is 5.46. The Morgan fingerprint density at radius 1 is 1.29 bits per heavy atom. The minimum atomic E-state index is 0.384. The predicted octanol–water partition coefficient (Wildman–Crippen LogP) is 4.16. The summed E-state index contributed by atoms with van der Waals surface area (Å²) in [7, 11) is 0. The minimum absolute atomic E-state index is 0.384. The van der Waals surface area contributed by atoms with Crippen molar-refractivity contribution in [2.24, 2.45) is 5.92 Å². The molecule has 0 bridgehead atoms. The zero-order valence-corrected chi connectivity index (χ0v) is 14.1. The molecule has 3 nitrogen and oxygen atoms in total. The molecular weight excluding hydrogens is 258 g/mol. The van der Waals surface area contributed by atoms with Crippen molar-refractivity contribution in [3.63, 3.8) is 0 Å². The molecule has 1 fully saturated rings. The number of rotatable bonds is 9. The van der Waals surface area contributed by atoms with Gasteiger partial charge in [-0.3, -0.25) is 4.98 Å². The molecule has 0 radical (unpaired) electrons. The molecule has 1 aliphatic rings. The van der Waals surface area contributed by atoms with Crippen LogP contribution in [-0.2, 0) is 0 Å². The largest absolute Gasteiger partial charge is 0.368 e. The topological polar surface area (TPSA) is 28.2 Å². The van der Waals surface area contributed by atoms with Gasteiger partial charge < -0.3 is 10.2 Å². The fourth-order valence-corrected chi connectivity index (χ4v) is 2.74. The standard InChI is InChI=1S/C18H31N3/c1-5-11-19-17(6-2)18-10-9-16(12-20-18)21(14(3)4)13-15-7-8-15/h9-10,12,14-15,17,19H,5-8,11,13H2,1-4H3. The lowest BCUT2D eigenvalue weighted by Crippen LogP contribution is -2.33. The minimum Gasteiger partial charge on any atom is -0.368 e. The Balaban J connectivity index is 2.04. The highest BCUT2D eigenvalue weighted by Crippen LogP contribution is 2.32. The van der Waals surface area contributed by atoms with E-state index in [-0.39, 0.29) is 0 Å². The van der Waals surface area contributed by atoms with Gasteiger partial charge in [0.15, 0.2) is 0 Å². The summed E-state index contributed by atoms with van der Waals surface area (Å²) in [6, 6.07) is 5.38. The Hall–Kier alpha value is -1.09. The SMILES string of the molecule is CCCNC(CC)c1ccc(N(CC2CC2)C(C)C)cn1. The average Bonchev–Trinajstić information content (AvgIpc) is 3.30. The van der Waals surface area contributed by atoms with E-state index in [2.05, 4.69) is 56.2 Å². The predicted molar refractivity (Wildman–Crippen MR) is 90.8 cm³/mol. The Morgan fingerprint density at radius 3 is 2.52 bits per heavy atom. The van der Waals surface area contributed by atoms with Crippen molar-refractivity contribution in [2.45, 2.75) is 65.5 Å². The molecule has 1 heterocycles. The van der Waals surface area contributed by atoms with Crippen LogP contribution in [0.25, 0.3) is 0 Å². The molecule has 0 amide bonds. The van der Waals surface area contributed by atoms with Crippen molar-refractivity contribution in [1.29, 1.82) is 0 Å². The Kier molecular flexibility index (Phi) is 6.04. The number of hydrogen-bond donors (Lipinski definition) is 1. The van der Waals surface area contributed by atoms with Gasteiger partial charge in [-0.25, -0.2) is 0 Å². The van der Waals surface area contributed by atoms with E-state index in [1.807, 2.05) is 0 Å². The zero-order chi connectivity index (χ0) is 15.2. The second kappa shape index (κ2) is 7.79. The summed E-state index contributed by atoms with van der Waals surface area (Å²) in [5, 5.41) is 3.57. The molecule has 1 atom stereocenters. The lowest BCUT2D eigenvalue weighted by Gasteiger charge is -2.29. The van der Waals surface area contributed by atoms with Crippen LogP contribution in [-0.4, -0.2) is 24.1 Å². The van der Waals surface area contributed by atoms with Crippen LogP contribution >= 0.6 is 0 Å². The van der Waals surface area contributed by atoms with E-state index in [0.717, 1.165) is 25.3 Å². The summed E-state index contributed by atoms with van der Waals surface area (Å²) in [5.41, 5.74) is 2.44. The molecule has 2 rings (SSSR count). The zero-order valence-electron chi connectivity index (χ0n) is 14.1. The van der Waals surface area contributed by atoms with E-state index in [0.29, 0.717) is 12.1 Å². The molecule has 3 heteroatoms. The first kappa shape index (κ1) is 16.3. The quantitative estimate of drug-likeness (QED) is 0.740. The van der Waals surface area contributed by atoms with Crippen LogP contribution in [0, 0.1) is 5.92 Å². The van der Waals surface area contributed by atoms with Crippen LogP contribution in [0.4, 0.5) is 5.69 Å². The summed E-state index contributed by atoms with van der Waals surface area (Å²) >= 11 is 0. The second-order valence-electron chi connectivity index (χ2n) is 6.55. The lowest BCUT2D eigenvalue weighted by atomic mass is 10.1. The summed E-state index contributed by atoms with van der Waals surface area (Å²) in [6.45, 7) is 11.2. The first-order chi connectivity index (χ1) is 10.2. The molecule has 0 saturated heterocycles. The van der Waals surface area contributed by atoms with Gasteiger partial charge in [0.1, 0.15) is 0 Å². The lowest BCUT2D eigenvalue weighted by molar-refractivity contribution is 0.507. The van der Waals surface area contributed by atoms with Crippen molar-refractivity contribution in [3.8, 4) is 0 Å². The molecule has 21 heavy (non-hydrogen) atoms. The van der Waals surface area contributed by atoms with Gasteiger partial charge in [-0.1, -0.05) is 13.8 Å². The third-order valence-corrected chi connectivity index (χ3v) is 4.28. The van der Waals surface area contributed by atoms with Crippen molar-refractivity contribution in [3.05, 3.63) is 24.0 Å². The van der Waals surface area contributed by atoms with Crippen LogP contribution in [0.5, 0.6) is 0 Å². The fourth-order valence-electron chi connectivity index (χ4n) is 2.74. The van der Waals surface area contributed by atoms with Crippen LogP contribution in [0.15, 0.2) is 18.3 Å². The maximum Gasteiger partial charge on any atom is 0.0574 e. The number of nitrogens with zero attached hydrogens (tertiary/aromatic N) is 2. The maximum absolute atomic E-state index is 4.73. The summed E-state index contributed by atoms with van der Waals surface area (Å²) < 4.78 is 0. The Labute approximate surface area is 130 Å². The van der Waals surface area contributed by atoms with Gasteiger partial charge in [-0.15, -0.1) is 0 Å². The molecule has 1 aromatic heterocycles. The van der Waals surface area contributed by atoms with Crippen molar-refractivity contribution in [2.75, 3.05) is 18.0 Å². The van der Waals surface area contributed by atoms with Crippen LogP contribution < -0.4 is 10.2 Å². The Morgan fingerprint density at radius 2 is 2.05 bits per heavy atom. The average molecular weight is 289 g/mol. The van der Waals surface area contributed by atoms with Crippen molar-refractivity contribution < 1.29 is 0 Å². The molecule has 1 unspecified atom stereocenters. The third kappa shape index (κ3) is 4.70. The number of pyridine rings is 1. The smallest absolute Gasteiger partial charge is 0.0574 e. The van der Waals surface area contributed by atoms with Crippen molar-refractivity contribution >= 4 is 5.69 Å². The maximum atomic E-state index is 4.73. The van der Waals surface area contributed by atoms with Gasteiger partial charge in [0.25, 0.3) is 0 Å². The van der Waals surface area contributed by atoms with E-state index in [1.165, 1.54) is 30.8 Å². The number of nitrogens with one attached hydrogen (secondary N) is 1. The van der Waals surface area contributed by atoms with Crippen molar-refractivity contribution in [1.82, 2.24) is 10.3 Å². The number of aromatic nitrogens is 1. The first-order valence-corrected chi connectivity index (χ1v) is 8.61. The van der Waals surface area contributed by atoms with Gasteiger partial charge in [-0.05, 0) is 64.1 Å². The molecule has 1 aliphatic carbocycles. The van der Waals surface area contributed by atoms with Gasteiger partial charge in [0, 0.05) is 18.6 Å². The Bertz CT molecular complexity index is 409. The summed E-state index contributed by atoms with van der Waals surface area (Å²) in [4.78, 5) is 7.22. The van der Waals surface area contributed by atoms with E-state index in [1.54, 1.807) is 0 Å².